The van der Waals surface area contributed by atoms with Crippen molar-refractivity contribution in [3.05, 3.63) is 96.0 Å². The first-order valence-electron chi connectivity index (χ1n) is 10.4. The molecule has 0 aliphatic carbocycles. The molecule has 0 spiro atoms. The Labute approximate surface area is 180 Å². The number of nitrogens with zero attached hydrogens (tertiary/aromatic N) is 2. The van der Waals surface area contributed by atoms with E-state index in [4.69, 9.17) is 9.15 Å². The number of hydrogen-bond acceptors (Lipinski definition) is 5. The van der Waals surface area contributed by atoms with E-state index in [1.807, 2.05) is 60.8 Å². The highest BCUT2D eigenvalue weighted by Crippen LogP contribution is 2.40. The van der Waals surface area contributed by atoms with Crippen LogP contribution in [0.2, 0.25) is 0 Å². The Bertz CT molecular complexity index is 1170. The van der Waals surface area contributed by atoms with E-state index in [1.165, 1.54) is 0 Å². The normalized spacial score (nSPS) is 15.6. The molecule has 6 nitrogen and oxygen atoms in total. The highest BCUT2D eigenvalue weighted by molar-refractivity contribution is 6.09. The predicted octanol–water partition coefficient (Wildman–Crippen LogP) is 4.50. The van der Waals surface area contributed by atoms with Crippen molar-refractivity contribution >= 4 is 22.6 Å². The largest absolute Gasteiger partial charge is 0.457 e. The van der Waals surface area contributed by atoms with E-state index in [9.17, 15) is 4.79 Å². The van der Waals surface area contributed by atoms with Crippen molar-refractivity contribution in [3.63, 3.8) is 0 Å². The zero-order chi connectivity index (χ0) is 21.0. The second kappa shape index (κ2) is 8.71. The Hall–Kier alpha value is -3.48. The van der Waals surface area contributed by atoms with Crippen molar-refractivity contribution in [1.82, 2.24) is 9.88 Å². The number of nitrogens with one attached hydrogen (secondary N) is 1. The van der Waals surface area contributed by atoms with E-state index < -0.39 is 0 Å². The number of carbonyl (C=O) groups is 1. The molecular weight excluding hydrogens is 390 g/mol. The summed E-state index contributed by atoms with van der Waals surface area (Å²) in [5, 5.41) is 4.01. The number of carbonyl (C=O) groups excluding carboxylic acids is 1. The molecule has 1 saturated heterocycles. The number of anilines is 1. The summed E-state index contributed by atoms with van der Waals surface area (Å²) < 4.78 is 12.0. The summed E-state index contributed by atoms with van der Waals surface area (Å²) in [5.41, 5.74) is 3.05. The fraction of sp³-hybridized carbons (Fsp3) is 0.200. The number of para-hydroxylation sites is 1. The molecule has 1 amide bonds. The molecule has 0 unspecified atom stereocenters. The fourth-order valence-electron chi connectivity index (χ4n) is 4.06. The van der Waals surface area contributed by atoms with Gasteiger partial charge in [-0.25, -0.2) is 0 Å². The first kappa shape index (κ1) is 19.5. The molecule has 1 aliphatic rings. The van der Waals surface area contributed by atoms with Crippen LogP contribution in [0, 0.1) is 0 Å². The molecule has 2 aromatic carbocycles. The molecule has 3 heterocycles. The van der Waals surface area contributed by atoms with Crippen molar-refractivity contribution in [1.29, 1.82) is 0 Å². The maximum Gasteiger partial charge on any atom is 0.255 e. The zero-order valence-corrected chi connectivity index (χ0v) is 17.0. The predicted molar refractivity (Wildman–Crippen MR) is 119 cm³/mol. The lowest BCUT2D eigenvalue weighted by Crippen LogP contribution is -2.39. The molecule has 1 atom stereocenters. The Morgan fingerprint density at radius 1 is 0.968 bits per heavy atom. The van der Waals surface area contributed by atoms with E-state index in [2.05, 4.69) is 15.2 Å². The Balaban J connectivity index is 1.63. The SMILES string of the molecule is O=C(Nc1c([C@@H](c2cccnc2)N2CCOCC2)oc2ccccc12)c1ccccc1. The Morgan fingerprint density at radius 2 is 1.74 bits per heavy atom. The topological polar surface area (TPSA) is 67.6 Å². The quantitative estimate of drug-likeness (QED) is 0.522. The number of rotatable bonds is 5. The monoisotopic (exact) mass is 413 g/mol. The van der Waals surface area contributed by atoms with Crippen LogP contribution in [-0.2, 0) is 4.74 Å². The number of benzene rings is 2. The van der Waals surface area contributed by atoms with Crippen LogP contribution in [0.3, 0.4) is 0 Å². The van der Waals surface area contributed by atoms with Crippen LogP contribution in [0.1, 0.15) is 27.7 Å². The van der Waals surface area contributed by atoms with Crippen LogP contribution in [0.5, 0.6) is 0 Å². The number of ether oxygens (including phenoxy) is 1. The molecule has 1 N–H and O–H groups in total. The second-order valence-corrected chi connectivity index (χ2v) is 7.49. The minimum atomic E-state index is -0.184. The third-order valence-corrected chi connectivity index (χ3v) is 5.56. The average molecular weight is 413 g/mol. The van der Waals surface area contributed by atoms with Gasteiger partial charge < -0.3 is 14.5 Å². The molecule has 0 saturated carbocycles. The van der Waals surface area contributed by atoms with Gasteiger partial charge in [0.2, 0.25) is 0 Å². The number of morpholine rings is 1. The number of furan rings is 1. The summed E-state index contributed by atoms with van der Waals surface area (Å²) in [7, 11) is 0. The van der Waals surface area contributed by atoms with E-state index in [0.717, 1.165) is 29.6 Å². The highest BCUT2D eigenvalue weighted by atomic mass is 16.5. The summed E-state index contributed by atoms with van der Waals surface area (Å²) in [6.07, 6.45) is 3.62. The van der Waals surface area contributed by atoms with Gasteiger partial charge in [0.15, 0.2) is 5.76 Å². The van der Waals surface area contributed by atoms with Crippen LogP contribution in [0.4, 0.5) is 5.69 Å². The maximum absolute atomic E-state index is 13.0. The second-order valence-electron chi connectivity index (χ2n) is 7.49. The summed E-state index contributed by atoms with van der Waals surface area (Å²) in [4.78, 5) is 19.7. The van der Waals surface area contributed by atoms with Crippen molar-refractivity contribution in [3.8, 4) is 0 Å². The lowest BCUT2D eigenvalue weighted by Gasteiger charge is -2.33. The molecule has 2 aromatic heterocycles. The van der Waals surface area contributed by atoms with E-state index in [-0.39, 0.29) is 11.9 Å². The average Bonchev–Trinajstić information content (AvgIpc) is 3.19. The molecule has 1 aliphatic heterocycles. The first-order chi connectivity index (χ1) is 15.3. The smallest absolute Gasteiger partial charge is 0.255 e. The number of fused-ring (bicyclic) bond motifs is 1. The summed E-state index contributed by atoms with van der Waals surface area (Å²) >= 11 is 0. The fourth-order valence-corrected chi connectivity index (χ4v) is 4.06. The van der Waals surface area contributed by atoms with Gasteiger partial charge in [-0.05, 0) is 35.9 Å². The molecule has 0 radical (unpaired) electrons. The lowest BCUT2D eigenvalue weighted by atomic mass is 10.0. The molecule has 31 heavy (non-hydrogen) atoms. The summed E-state index contributed by atoms with van der Waals surface area (Å²) in [5.74, 6) is 0.542. The van der Waals surface area contributed by atoms with Crippen molar-refractivity contribution in [2.45, 2.75) is 6.04 Å². The van der Waals surface area contributed by atoms with Crippen molar-refractivity contribution in [2.75, 3.05) is 31.6 Å². The molecule has 4 aromatic rings. The standard InChI is InChI=1S/C25H23N3O3/c29-25(18-7-2-1-3-8-18)27-22-20-10-4-5-11-21(20)31-24(22)23(19-9-6-12-26-17-19)28-13-15-30-16-14-28/h1-12,17,23H,13-16H2,(H,27,29)/t23-/m1/s1. The van der Waals surface area contributed by atoms with Crippen LogP contribution in [0.25, 0.3) is 11.0 Å². The van der Waals surface area contributed by atoms with Gasteiger partial charge >= 0.3 is 0 Å². The van der Waals surface area contributed by atoms with Gasteiger partial charge in [0, 0.05) is 36.4 Å². The van der Waals surface area contributed by atoms with Crippen LogP contribution in [0.15, 0.2) is 83.5 Å². The van der Waals surface area contributed by atoms with Gasteiger partial charge in [-0.1, -0.05) is 36.4 Å². The number of amides is 1. The summed E-state index contributed by atoms with van der Waals surface area (Å²) in [6.45, 7) is 2.84. The molecule has 1 fully saturated rings. The van der Waals surface area contributed by atoms with Gasteiger partial charge in [0.1, 0.15) is 5.58 Å². The van der Waals surface area contributed by atoms with Crippen LogP contribution in [-0.4, -0.2) is 42.1 Å². The van der Waals surface area contributed by atoms with Gasteiger partial charge in [0.05, 0.1) is 24.9 Å². The van der Waals surface area contributed by atoms with E-state index in [0.29, 0.717) is 30.2 Å². The van der Waals surface area contributed by atoms with Gasteiger partial charge in [-0.15, -0.1) is 0 Å². The molecule has 0 bridgehead atoms. The molecule has 6 heteroatoms. The van der Waals surface area contributed by atoms with Crippen LogP contribution < -0.4 is 5.32 Å². The van der Waals surface area contributed by atoms with Crippen molar-refractivity contribution in [2.24, 2.45) is 0 Å². The van der Waals surface area contributed by atoms with Gasteiger partial charge in [0.25, 0.3) is 5.91 Å². The Kier molecular flexibility index (Phi) is 5.48. The van der Waals surface area contributed by atoms with E-state index in [1.54, 1.807) is 18.3 Å². The third-order valence-electron chi connectivity index (χ3n) is 5.56. The van der Waals surface area contributed by atoms with Gasteiger partial charge in [-0.2, -0.15) is 0 Å². The van der Waals surface area contributed by atoms with Crippen LogP contribution >= 0.6 is 0 Å². The van der Waals surface area contributed by atoms with Gasteiger partial charge in [-0.3, -0.25) is 14.7 Å². The third kappa shape index (κ3) is 3.95. The molecule has 156 valence electrons. The molecular formula is C25H23N3O3. The number of pyridine rings is 1. The molecule has 5 rings (SSSR count). The summed E-state index contributed by atoms with van der Waals surface area (Å²) in [6, 6.07) is 20.8. The lowest BCUT2D eigenvalue weighted by molar-refractivity contribution is 0.0205. The number of aromatic nitrogens is 1. The number of hydrogen-bond donors (Lipinski definition) is 1. The van der Waals surface area contributed by atoms with Crippen molar-refractivity contribution < 1.29 is 13.9 Å². The highest BCUT2D eigenvalue weighted by Gasteiger charge is 2.31. The zero-order valence-electron chi connectivity index (χ0n) is 17.0. The minimum Gasteiger partial charge on any atom is -0.457 e. The minimum absolute atomic E-state index is 0.166. The first-order valence-corrected chi connectivity index (χ1v) is 10.4. The maximum atomic E-state index is 13.0. The Morgan fingerprint density at radius 3 is 2.52 bits per heavy atom. The van der Waals surface area contributed by atoms with E-state index >= 15 is 0 Å².